The molecule has 1 fully saturated rings. The largest absolute Gasteiger partial charge is 0.487 e. The van der Waals surface area contributed by atoms with Crippen LogP contribution in [0.5, 0.6) is 5.75 Å². The van der Waals surface area contributed by atoms with Crippen molar-refractivity contribution in [2.24, 2.45) is 0 Å². The summed E-state index contributed by atoms with van der Waals surface area (Å²) in [6.45, 7) is 1.92. The maximum atomic E-state index is 6.34. The first-order valence-corrected chi connectivity index (χ1v) is 9.35. The van der Waals surface area contributed by atoms with Crippen LogP contribution in [0.25, 0.3) is 0 Å². The van der Waals surface area contributed by atoms with Crippen molar-refractivity contribution >= 4 is 40.4 Å². The van der Waals surface area contributed by atoms with E-state index >= 15 is 0 Å². The molecule has 1 atom stereocenters. The molecule has 132 valence electrons. The van der Waals surface area contributed by atoms with Gasteiger partial charge in [0, 0.05) is 29.3 Å². The molecule has 0 aliphatic carbocycles. The topological polar surface area (TPSA) is 30.5 Å². The summed E-state index contributed by atoms with van der Waals surface area (Å²) < 4.78 is 11.4. The molecule has 0 amide bonds. The Morgan fingerprint density at radius 2 is 2.04 bits per heavy atom. The molecule has 1 aliphatic heterocycles. The molecule has 0 saturated carbocycles. The van der Waals surface area contributed by atoms with E-state index in [1.165, 1.54) is 0 Å². The molecule has 1 heterocycles. The Balaban J connectivity index is 1.58. The van der Waals surface area contributed by atoms with Crippen LogP contribution >= 0.6 is 35.4 Å². The fourth-order valence-corrected chi connectivity index (χ4v) is 3.28. The summed E-state index contributed by atoms with van der Waals surface area (Å²) in [6, 6.07) is 13.1. The molecular weight excluding hydrogens is 377 g/mol. The van der Waals surface area contributed by atoms with Crippen molar-refractivity contribution in [3.8, 4) is 5.75 Å². The van der Waals surface area contributed by atoms with Gasteiger partial charge in [-0.15, -0.1) is 0 Å². The first-order valence-electron chi connectivity index (χ1n) is 8.19. The van der Waals surface area contributed by atoms with Crippen molar-refractivity contribution in [3.63, 3.8) is 0 Å². The van der Waals surface area contributed by atoms with Gasteiger partial charge >= 0.3 is 0 Å². The van der Waals surface area contributed by atoms with E-state index in [0.717, 1.165) is 37.1 Å². The van der Waals surface area contributed by atoms with Crippen LogP contribution in [0.4, 0.5) is 0 Å². The van der Waals surface area contributed by atoms with Crippen molar-refractivity contribution in [2.75, 3.05) is 13.2 Å². The second kappa shape index (κ2) is 8.86. The minimum atomic E-state index is 0.242. The maximum absolute atomic E-state index is 6.34. The lowest BCUT2D eigenvalue weighted by molar-refractivity contribution is 0.114. The van der Waals surface area contributed by atoms with Crippen molar-refractivity contribution in [2.45, 2.75) is 25.6 Å². The van der Waals surface area contributed by atoms with Crippen molar-refractivity contribution in [1.29, 1.82) is 0 Å². The van der Waals surface area contributed by atoms with Crippen molar-refractivity contribution in [3.05, 3.63) is 63.6 Å². The van der Waals surface area contributed by atoms with Gasteiger partial charge in [-0.05, 0) is 37.1 Å². The summed E-state index contributed by atoms with van der Waals surface area (Å²) >= 11 is 17.9. The third-order valence-corrected chi connectivity index (χ3v) is 5.09. The normalized spacial score (nSPS) is 16.6. The number of benzene rings is 2. The molecule has 0 unspecified atom stereocenters. The summed E-state index contributed by atoms with van der Waals surface area (Å²) in [5.74, 6) is 0.604. The molecule has 6 heteroatoms. The molecule has 0 bridgehead atoms. The minimum absolute atomic E-state index is 0.242. The minimum Gasteiger partial charge on any atom is -0.487 e. The summed E-state index contributed by atoms with van der Waals surface area (Å²) in [4.78, 5) is 0.662. The van der Waals surface area contributed by atoms with E-state index in [0.29, 0.717) is 27.4 Å². The van der Waals surface area contributed by atoms with Crippen LogP contribution in [-0.2, 0) is 11.3 Å². The fraction of sp³-hybridized carbons (Fsp3) is 0.316. The van der Waals surface area contributed by atoms with Crippen LogP contribution in [0, 0.1) is 0 Å². The third-order valence-electron chi connectivity index (χ3n) is 4.05. The highest BCUT2D eigenvalue weighted by molar-refractivity contribution is 7.80. The van der Waals surface area contributed by atoms with Crippen LogP contribution in [0.2, 0.25) is 10.0 Å². The highest BCUT2D eigenvalue weighted by Crippen LogP contribution is 2.27. The van der Waals surface area contributed by atoms with E-state index in [-0.39, 0.29) is 6.10 Å². The Labute approximate surface area is 163 Å². The zero-order chi connectivity index (χ0) is 17.6. The van der Waals surface area contributed by atoms with Crippen LogP contribution in [0.15, 0.2) is 42.5 Å². The van der Waals surface area contributed by atoms with Crippen LogP contribution in [-0.4, -0.2) is 24.2 Å². The van der Waals surface area contributed by atoms with Crippen LogP contribution in [0.1, 0.15) is 24.0 Å². The predicted octanol–water partition coefficient (Wildman–Crippen LogP) is 5.02. The zero-order valence-electron chi connectivity index (χ0n) is 13.6. The molecule has 0 aromatic heterocycles. The van der Waals surface area contributed by atoms with E-state index in [4.69, 9.17) is 44.9 Å². The standard InChI is InChI=1S/C19H19Cl2NO2S/c20-16-6-2-1-4-14(16)12-24-18-8-7-13(10-17(18)21)19(25)22-11-15-5-3-9-23-15/h1-2,4,6-8,10,15H,3,5,9,11-12H2,(H,22,25)/t15-/m0/s1. The third kappa shape index (κ3) is 5.08. The number of ether oxygens (including phenoxy) is 2. The molecule has 1 N–H and O–H groups in total. The highest BCUT2D eigenvalue weighted by Gasteiger charge is 2.16. The Bertz CT molecular complexity index is 748. The lowest BCUT2D eigenvalue weighted by atomic mass is 10.2. The molecule has 3 nitrogen and oxygen atoms in total. The smallest absolute Gasteiger partial charge is 0.138 e. The van der Waals surface area contributed by atoms with Gasteiger partial charge in [0.2, 0.25) is 0 Å². The molecule has 2 aromatic carbocycles. The number of hydrogen-bond acceptors (Lipinski definition) is 3. The fourth-order valence-electron chi connectivity index (χ4n) is 2.64. The lowest BCUT2D eigenvalue weighted by Crippen LogP contribution is -2.31. The van der Waals surface area contributed by atoms with Gasteiger partial charge < -0.3 is 14.8 Å². The van der Waals surface area contributed by atoms with Gasteiger partial charge in [-0.25, -0.2) is 0 Å². The average molecular weight is 396 g/mol. The zero-order valence-corrected chi connectivity index (χ0v) is 16.0. The van der Waals surface area contributed by atoms with Crippen LogP contribution < -0.4 is 10.1 Å². The second-order valence-electron chi connectivity index (χ2n) is 5.87. The SMILES string of the molecule is S=C(NC[C@@H]1CCCO1)c1ccc(OCc2ccccc2Cl)c(Cl)c1. The van der Waals surface area contributed by atoms with Crippen LogP contribution in [0.3, 0.4) is 0 Å². The maximum Gasteiger partial charge on any atom is 0.138 e. The number of nitrogens with one attached hydrogen (secondary N) is 1. The quantitative estimate of drug-likeness (QED) is 0.695. The number of halogens is 2. The highest BCUT2D eigenvalue weighted by atomic mass is 35.5. The number of thiocarbonyl (C=S) groups is 1. The van der Waals surface area contributed by atoms with E-state index in [1.54, 1.807) is 0 Å². The molecular formula is C19H19Cl2NO2S. The van der Waals surface area contributed by atoms with Gasteiger partial charge in [0.05, 0.1) is 11.1 Å². The Kier molecular flexibility index (Phi) is 6.54. The Morgan fingerprint density at radius 1 is 1.20 bits per heavy atom. The van der Waals surface area contributed by atoms with E-state index in [2.05, 4.69) is 5.32 Å². The van der Waals surface area contributed by atoms with Crippen molar-refractivity contribution in [1.82, 2.24) is 5.32 Å². The molecule has 1 aliphatic rings. The summed E-state index contributed by atoms with van der Waals surface area (Å²) in [5, 5.41) is 4.44. The predicted molar refractivity (Wildman–Crippen MR) is 106 cm³/mol. The van der Waals surface area contributed by atoms with E-state index in [9.17, 15) is 0 Å². The first-order chi connectivity index (χ1) is 12.1. The molecule has 3 rings (SSSR count). The number of hydrogen-bond donors (Lipinski definition) is 1. The monoisotopic (exact) mass is 395 g/mol. The van der Waals surface area contributed by atoms with Gasteiger partial charge in [-0.1, -0.05) is 53.6 Å². The summed E-state index contributed by atoms with van der Waals surface area (Å²) in [5.41, 5.74) is 1.78. The molecule has 2 aromatic rings. The van der Waals surface area contributed by atoms with Gasteiger partial charge in [0.25, 0.3) is 0 Å². The van der Waals surface area contributed by atoms with E-state index in [1.807, 2.05) is 42.5 Å². The van der Waals surface area contributed by atoms with Gasteiger partial charge in [-0.2, -0.15) is 0 Å². The number of rotatable bonds is 6. The van der Waals surface area contributed by atoms with Gasteiger partial charge in [-0.3, -0.25) is 0 Å². The molecule has 0 radical (unpaired) electrons. The van der Waals surface area contributed by atoms with E-state index < -0.39 is 0 Å². The molecule has 1 saturated heterocycles. The van der Waals surface area contributed by atoms with Gasteiger partial charge in [0.15, 0.2) is 0 Å². The molecule has 25 heavy (non-hydrogen) atoms. The Morgan fingerprint density at radius 3 is 2.76 bits per heavy atom. The average Bonchev–Trinajstić information content (AvgIpc) is 3.13. The first kappa shape index (κ1) is 18.5. The van der Waals surface area contributed by atoms with Gasteiger partial charge in [0.1, 0.15) is 17.3 Å². The summed E-state index contributed by atoms with van der Waals surface area (Å²) in [7, 11) is 0. The van der Waals surface area contributed by atoms with Crippen molar-refractivity contribution < 1.29 is 9.47 Å². The molecule has 0 spiro atoms. The Hall–Kier alpha value is -1.33. The second-order valence-corrected chi connectivity index (χ2v) is 7.09. The summed E-state index contributed by atoms with van der Waals surface area (Å²) in [6.07, 6.45) is 2.43. The lowest BCUT2D eigenvalue weighted by Gasteiger charge is -2.14.